The molecule has 0 radical (unpaired) electrons. The molecule has 0 fully saturated rings. The largest absolute Gasteiger partial charge is 0.491 e. The Morgan fingerprint density at radius 2 is 1.67 bits per heavy atom. The Labute approximate surface area is 141 Å². The molecule has 2 rings (SSSR count). The molecule has 6 nitrogen and oxygen atoms in total. The molecule has 0 unspecified atom stereocenters. The van der Waals surface area contributed by atoms with Gasteiger partial charge >= 0.3 is 5.97 Å². The topological polar surface area (TPSA) is 92.7 Å². The highest BCUT2D eigenvalue weighted by Crippen LogP contribution is 2.15. The van der Waals surface area contributed by atoms with Crippen LogP contribution in [-0.2, 0) is 16.6 Å². The van der Waals surface area contributed by atoms with Crippen molar-refractivity contribution in [3.05, 3.63) is 59.7 Å². The van der Waals surface area contributed by atoms with E-state index in [0.717, 1.165) is 11.3 Å². The fraction of sp³-hybridized carbons (Fsp3) is 0.235. The van der Waals surface area contributed by atoms with Crippen LogP contribution in [-0.4, -0.2) is 25.6 Å². The van der Waals surface area contributed by atoms with E-state index in [2.05, 4.69) is 4.72 Å². The van der Waals surface area contributed by atoms with Gasteiger partial charge in [-0.3, -0.25) is 0 Å². The maximum Gasteiger partial charge on any atom is 0.335 e. The van der Waals surface area contributed by atoms with Crippen LogP contribution in [0.1, 0.15) is 29.8 Å². The molecule has 0 atom stereocenters. The van der Waals surface area contributed by atoms with Crippen molar-refractivity contribution in [3.8, 4) is 5.75 Å². The van der Waals surface area contributed by atoms with E-state index in [1.54, 1.807) is 24.3 Å². The summed E-state index contributed by atoms with van der Waals surface area (Å²) in [6.45, 7) is 3.99. The zero-order valence-electron chi connectivity index (χ0n) is 13.4. The number of rotatable bonds is 7. The summed E-state index contributed by atoms with van der Waals surface area (Å²) in [5, 5.41) is 8.83. The highest BCUT2D eigenvalue weighted by Gasteiger charge is 2.14. The van der Waals surface area contributed by atoms with E-state index in [-0.39, 0.29) is 23.1 Å². The van der Waals surface area contributed by atoms with Crippen molar-refractivity contribution < 1.29 is 23.1 Å². The standard InChI is InChI=1S/C17H19NO5S/c1-12(2)23-15-7-3-13(4-8-15)11-18-24(21,22)16-9-5-14(6-10-16)17(19)20/h3-10,12,18H,11H2,1-2H3,(H,19,20). The molecule has 0 aromatic heterocycles. The van der Waals surface area contributed by atoms with Crippen molar-refractivity contribution in [2.45, 2.75) is 31.4 Å². The Hall–Kier alpha value is -2.38. The van der Waals surface area contributed by atoms with Crippen LogP contribution in [0.5, 0.6) is 5.75 Å². The van der Waals surface area contributed by atoms with Gasteiger partial charge in [-0.2, -0.15) is 0 Å². The smallest absolute Gasteiger partial charge is 0.335 e. The normalized spacial score (nSPS) is 11.5. The van der Waals surface area contributed by atoms with Crippen LogP contribution < -0.4 is 9.46 Å². The molecule has 0 aliphatic carbocycles. The SMILES string of the molecule is CC(C)Oc1ccc(CNS(=O)(=O)c2ccc(C(=O)O)cc2)cc1. The van der Waals surface area contributed by atoms with Crippen LogP contribution in [0.25, 0.3) is 0 Å². The molecule has 24 heavy (non-hydrogen) atoms. The van der Waals surface area contributed by atoms with Crippen molar-refractivity contribution in [2.75, 3.05) is 0 Å². The summed E-state index contributed by atoms with van der Waals surface area (Å²) in [7, 11) is -3.70. The number of carbonyl (C=O) groups is 1. The summed E-state index contributed by atoms with van der Waals surface area (Å²) >= 11 is 0. The highest BCUT2D eigenvalue weighted by molar-refractivity contribution is 7.89. The Bertz CT molecular complexity index is 796. The third kappa shape index (κ3) is 4.81. The molecule has 2 aromatic rings. The third-order valence-electron chi connectivity index (χ3n) is 3.17. The quantitative estimate of drug-likeness (QED) is 0.802. The van der Waals surface area contributed by atoms with Gasteiger partial charge in [0.05, 0.1) is 16.6 Å². The van der Waals surface area contributed by atoms with Gasteiger partial charge in [-0.15, -0.1) is 0 Å². The van der Waals surface area contributed by atoms with Gasteiger partial charge in [-0.1, -0.05) is 12.1 Å². The molecule has 0 amide bonds. The van der Waals surface area contributed by atoms with Gasteiger partial charge in [-0.25, -0.2) is 17.9 Å². The summed E-state index contributed by atoms with van der Waals surface area (Å²) in [4.78, 5) is 10.8. The van der Waals surface area contributed by atoms with Gasteiger partial charge in [0.1, 0.15) is 5.75 Å². The first-order valence-corrected chi connectivity index (χ1v) is 8.85. The van der Waals surface area contributed by atoms with Crippen molar-refractivity contribution in [2.24, 2.45) is 0 Å². The average Bonchev–Trinajstić information content (AvgIpc) is 2.54. The first-order chi connectivity index (χ1) is 11.3. The third-order valence-corrected chi connectivity index (χ3v) is 4.59. The lowest BCUT2D eigenvalue weighted by Gasteiger charge is -2.11. The zero-order valence-corrected chi connectivity index (χ0v) is 14.2. The van der Waals surface area contributed by atoms with Crippen LogP contribution in [0.2, 0.25) is 0 Å². The Morgan fingerprint density at radius 3 is 2.17 bits per heavy atom. The van der Waals surface area contributed by atoms with Gasteiger partial charge in [0, 0.05) is 6.54 Å². The van der Waals surface area contributed by atoms with E-state index in [1.807, 2.05) is 13.8 Å². The molecule has 0 saturated heterocycles. The van der Waals surface area contributed by atoms with Crippen molar-refractivity contribution in [3.63, 3.8) is 0 Å². The summed E-state index contributed by atoms with van der Waals surface area (Å²) in [6, 6.07) is 12.2. The summed E-state index contributed by atoms with van der Waals surface area (Å²) in [6.07, 6.45) is 0.0723. The van der Waals surface area contributed by atoms with E-state index in [9.17, 15) is 13.2 Å². The Balaban J connectivity index is 2.03. The lowest BCUT2D eigenvalue weighted by Crippen LogP contribution is -2.23. The van der Waals surface area contributed by atoms with E-state index in [4.69, 9.17) is 9.84 Å². The van der Waals surface area contributed by atoms with E-state index in [1.165, 1.54) is 24.3 Å². The molecule has 0 aliphatic heterocycles. The molecule has 0 spiro atoms. The molecule has 0 saturated carbocycles. The molecular formula is C17H19NO5S. The number of hydrogen-bond acceptors (Lipinski definition) is 4. The molecule has 0 heterocycles. The number of sulfonamides is 1. The maximum atomic E-state index is 12.2. The van der Waals surface area contributed by atoms with Gasteiger partial charge in [0.25, 0.3) is 0 Å². The van der Waals surface area contributed by atoms with E-state index < -0.39 is 16.0 Å². The lowest BCUT2D eigenvalue weighted by atomic mass is 10.2. The Kier molecular flexibility index (Phi) is 5.58. The van der Waals surface area contributed by atoms with Crippen molar-refractivity contribution >= 4 is 16.0 Å². The molecule has 7 heteroatoms. The molecule has 0 aliphatic rings. The van der Waals surface area contributed by atoms with Crippen LogP contribution in [0, 0.1) is 0 Å². The minimum absolute atomic E-state index is 0.0206. The number of carboxylic acid groups (broad SMARTS) is 1. The van der Waals surface area contributed by atoms with Crippen LogP contribution in [0.4, 0.5) is 0 Å². The first-order valence-electron chi connectivity index (χ1n) is 7.36. The van der Waals surface area contributed by atoms with Gasteiger partial charge in [-0.05, 0) is 55.8 Å². The number of nitrogens with one attached hydrogen (secondary N) is 1. The minimum atomic E-state index is -3.70. The number of benzene rings is 2. The van der Waals surface area contributed by atoms with Gasteiger partial charge < -0.3 is 9.84 Å². The van der Waals surface area contributed by atoms with Crippen LogP contribution in [0.3, 0.4) is 0 Å². The van der Waals surface area contributed by atoms with Crippen molar-refractivity contribution in [1.82, 2.24) is 4.72 Å². The number of carboxylic acids is 1. The van der Waals surface area contributed by atoms with Crippen LogP contribution >= 0.6 is 0 Å². The second-order valence-electron chi connectivity index (χ2n) is 5.46. The highest BCUT2D eigenvalue weighted by atomic mass is 32.2. The fourth-order valence-corrected chi connectivity index (χ4v) is 3.01. The Morgan fingerprint density at radius 1 is 1.08 bits per heavy atom. The second-order valence-corrected chi connectivity index (χ2v) is 7.23. The molecule has 2 aromatic carbocycles. The number of aromatic carboxylic acids is 1. The van der Waals surface area contributed by atoms with Gasteiger partial charge in [0.2, 0.25) is 10.0 Å². The van der Waals surface area contributed by atoms with Gasteiger partial charge in [0.15, 0.2) is 0 Å². The fourth-order valence-electron chi connectivity index (χ4n) is 2.00. The van der Waals surface area contributed by atoms with Crippen molar-refractivity contribution in [1.29, 1.82) is 0 Å². The zero-order chi connectivity index (χ0) is 17.7. The number of hydrogen-bond donors (Lipinski definition) is 2. The second kappa shape index (κ2) is 7.46. The molecule has 2 N–H and O–H groups in total. The van der Waals surface area contributed by atoms with E-state index >= 15 is 0 Å². The average molecular weight is 349 g/mol. The minimum Gasteiger partial charge on any atom is -0.491 e. The predicted octanol–water partition coefficient (Wildman–Crippen LogP) is 2.65. The monoisotopic (exact) mass is 349 g/mol. The summed E-state index contributed by atoms with van der Waals surface area (Å²) < 4.78 is 32.4. The predicted molar refractivity (Wildman–Crippen MR) is 89.6 cm³/mol. The summed E-state index contributed by atoms with van der Waals surface area (Å²) in [5.41, 5.74) is 0.825. The lowest BCUT2D eigenvalue weighted by molar-refractivity contribution is 0.0696. The number of ether oxygens (including phenoxy) is 1. The molecule has 128 valence electrons. The molecule has 0 bridgehead atoms. The summed E-state index contributed by atoms with van der Waals surface area (Å²) in [5.74, 6) is -0.378. The molecular weight excluding hydrogens is 330 g/mol. The maximum absolute atomic E-state index is 12.2. The van der Waals surface area contributed by atoms with Crippen LogP contribution in [0.15, 0.2) is 53.4 Å². The first kappa shape index (κ1) is 18.0. The van der Waals surface area contributed by atoms with E-state index in [0.29, 0.717) is 0 Å².